The van der Waals surface area contributed by atoms with Gasteiger partial charge in [0.15, 0.2) is 5.82 Å². The third-order valence-corrected chi connectivity index (χ3v) is 4.58. The molecule has 36 heavy (non-hydrogen) atoms. The van der Waals surface area contributed by atoms with E-state index in [1.54, 1.807) is 0 Å². The maximum atomic E-state index is 13.0. The van der Waals surface area contributed by atoms with Crippen molar-refractivity contribution in [1.29, 1.82) is 0 Å². The van der Waals surface area contributed by atoms with Gasteiger partial charge in [-0.2, -0.15) is 39.5 Å². The lowest BCUT2D eigenvalue weighted by atomic mass is 10.0. The van der Waals surface area contributed by atoms with Crippen molar-refractivity contribution in [1.82, 2.24) is 25.2 Å². The van der Waals surface area contributed by atoms with Gasteiger partial charge in [0.25, 0.3) is 11.8 Å². The van der Waals surface area contributed by atoms with Crippen LogP contribution in [-0.2, 0) is 26.7 Å². The van der Waals surface area contributed by atoms with Gasteiger partial charge in [0.1, 0.15) is 19.0 Å². The molecule has 3 rings (SSSR count). The Kier molecular flexibility index (Phi) is 7.33. The molecule has 1 atom stereocenters. The molecule has 1 aromatic carbocycles. The van der Waals surface area contributed by atoms with E-state index in [4.69, 9.17) is 0 Å². The second-order valence-electron chi connectivity index (χ2n) is 7.33. The van der Waals surface area contributed by atoms with Crippen LogP contribution in [0.4, 0.5) is 39.5 Å². The first-order chi connectivity index (χ1) is 16.5. The predicted octanol–water partition coefficient (Wildman–Crippen LogP) is 3.66. The van der Waals surface area contributed by atoms with Gasteiger partial charge in [-0.15, -0.1) is 5.10 Å². The maximum Gasteiger partial charge on any atom is 0.416 e. The van der Waals surface area contributed by atoms with Crippen LogP contribution in [0.25, 0.3) is 17.6 Å². The minimum absolute atomic E-state index is 0.0525. The average molecular weight is 531 g/mol. The van der Waals surface area contributed by atoms with Crippen molar-refractivity contribution in [2.75, 3.05) is 13.2 Å². The van der Waals surface area contributed by atoms with E-state index in [2.05, 4.69) is 20.2 Å². The van der Waals surface area contributed by atoms with E-state index in [0.717, 1.165) is 28.3 Å². The number of halogens is 9. The summed E-state index contributed by atoms with van der Waals surface area (Å²) in [5.41, 5.74) is -1.61. The molecule has 1 aromatic heterocycles. The van der Waals surface area contributed by atoms with Crippen molar-refractivity contribution in [3.8, 4) is 11.4 Å². The highest BCUT2D eigenvalue weighted by Crippen LogP contribution is 2.38. The molecule has 2 aromatic rings. The summed E-state index contributed by atoms with van der Waals surface area (Å²) in [6.07, 6.45) is -13.7. The van der Waals surface area contributed by atoms with Crippen LogP contribution in [0.1, 0.15) is 17.5 Å². The molecular weight excluding hydrogens is 517 g/mol. The monoisotopic (exact) mass is 531 g/mol. The number of benzene rings is 1. The van der Waals surface area contributed by atoms with Crippen LogP contribution < -0.4 is 5.43 Å². The molecule has 8 nitrogen and oxygen atoms in total. The Balaban J connectivity index is 1.68. The lowest BCUT2D eigenvalue weighted by Gasteiger charge is -2.17. The summed E-state index contributed by atoms with van der Waals surface area (Å²) < 4.78 is 120. The first-order valence-corrected chi connectivity index (χ1v) is 9.72. The van der Waals surface area contributed by atoms with Crippen molar-refractivity contribution >= 4 is 18.0 Å². The molecule has 2 amide bonds. The molecule has 1 aliphatic rings. The third kappa shape index (κ3) is 6.96. The Labute approximate surface area is 195 Å². The van der Waals surface area contributed by atoms with Crippen molar-refractivity contribution in [3.63, 3.8) is 0 Å². The van der Waals surface area contributed by atoms with Gasteiger partial charge in [-0.05, 0) is 18.2 Å². The maximum absolute atomic E-state index is 13.0. The molecule has 1 N–H and O–H groups in total. The zero-order valence-corrected chi connectivity index (χ0v) is 17.6. The van der Waals surface area contributed by atoms with Gasteiger partial charge >= 0.3 is 18.5 Å². The Morgan fingerprint density at radius 3 is 2.22 bits per heavy atom. The number of rotatable bonds is 6. The van der Waals surface area contributed by atoms with E-state index in [1.807, 2.05) is 0 Å². The van der Waals surface area contributed by atoms with Crippen LogP contribution in [0.15, 0.2) is 30.6 Å². The summed E-state index contributed by atoms with van der Waals surface area (Å²) in [7, 11) is 0. The number of hydrazine groups is 1. The second-order valence-corrected chi connectivity index (χ2v) is 7.33. The number of aromatic nitrogens is 3. The fraction of sp³-hybridized carbons (Fsp3) is 0.368. The van der Waals surface area contributed by atoms with E-state index in [-0.39, 0.29) is 19.0 Å². The minimum atomic E-state index is -5.07. The number of carbonyl (C=O) groups excluding carboxylic acids is 2. The Hall–Kier alpha value is -3.63. The first-order valence-electron chi connectivity index (χ1n) is 9.72. The van der Waals surface area contributed by atoms with Crippen LogP contribution >= 0.6 is 0 Å². The number of ether oxygens (including phenoxy) is 1. The van der Waals surface area contributed by atoms with Crippen molar-refractivity contribution in [2.24, 2.45) is 0 Å². The highest BCUT2D eigenvalue weighted by Gasteiger charge is 2.38. The number of nitrogens with zero attached hydrogens (tertiary/aromatic N) is 4. The molecule has 2 heterocycles. The lowest BCUT2D eigenvalue weighted by molar-refractivity contribution is -0.187. The largest absolute Gasteiger partial charge is 0.416 e. The summed E-state index contributed by atoms with van der Waals surface area (Å²) in [6.45, 7) is -1.78. The van der Waals surface area contributed by atoms with E-state index < -0.39 is 65.6 Å². The average Bonchev–Trinajstić information content (AvgIpc) is 3.36. The Morgan fingerprint density at radius 1 is 1.06 bits per heavy atom. The fourth-order valence-electron chi connectivity index (χ4n) is 2.99. The van der Waals surface area contributed by atoms with E-state index in [9.17, 15) is 49.1 Å². The summed E-state index contributed by atoms with van der Waals surface area (Å²) >= 11 is 0. The molecule has 0 bridgehead atoms. The van der Waals surface area contributed by atoms with Gasteiger partial charge in [0.05, 0.1) is 11.1 Å². The van der Waals surface area contributed by atoms with Gasteiger partial charge in [0.2, 0.25) is 0 Å². The molecule has 0 radical (unpaired) electrons. The van der Waals surface area contributed by atoms with Gasteiger partial charge < -0.3 is 4.74 Å². The third-order valence-electron chi connectivity index (χ3n) is 4.58. The number of carbonyl (C=O) groups is 2. The van der Waals surface area contributed by atoms with Crippen molar-refractivity contribution in [2.45, 2.75) is 31.1 Å². The van der Waals surface area contributed by atoms with Crippen molar-refractivity contribution < 1.29 is 53.8 Å². The molecule has 17 heteroatoms. The lowest BCUT2D eigenvalue weighted by Crippen LogP contribution is -2.44. The molecule has 0 aliphatic carbocycles. The number of hydrogen-bond donors (Lipinski definition) is 1. The fourth-order valence-corrected chi connectivity index (χ4v) is 2.99. The van der Waals surface area contributed by atoms with Crippen LogP contribution in [0.5, 0.6) is 0 Å². The van der Waals surface area contributed by atoms with E-state index in [1.165, 1.54) is 0 Å². The number of nitrogens with one attached hydrogen (secondary N) is 1. The zero-order valence-electron chi connectivity index (χ0n) is 17.6. The molecule has 1 aliphatic heterocycles. The summed E-state index contributed by atoms with van der Waals surface area (Å²) in [5, 5.41) is 4.44. The smallest absolute Gasteiger partial charge is 0.359 e. The molecular formula is C19H14F9N5O3. The zero-order chi connectivity index (χ0) is 26.9. The van der Waals surface area contributed by atoms with Crippen molar-refractivity contribution in [3.05, 3.63) is 41.7 Å². The Bertz CT molecular complexity index is 1120. The molecule has 0 saturated carbocycles. The van der Waals surface area contributed by atoms with Crippen LogP contribution in [-0.4, -0.2) is 57.0 Å². The molecule has 0 unspecified atom stereocenters. The van der Waals surface area contributed by atoms with Crippen LogP contribution in [0.2, 0.25) is 0 Å². The first kappa shape index (κ1) is 27.0. The van der Waals surface area contributed by atoms with Crippen LogP contribution in [0.3, 0.4) is 0 Å². The molecule has 196 valence electrons. The molecule has 1 fully saturated rings. The standard InChI is InChI=1S/C19H14F9N5O3/c20-17(21,22)8-36-13-1-4-33(16(13)35)30-14(34)2-3-32-9-29-15(31-32)10-5-11(18(23,24)25)7-12(6-10)19(26,27)28/h2-3,5-7,9,13H,1,4,8H2,(H,30,34)/b3-2-/t13-/m0/s1. The van der Waals surface area contributed by atoms with Crippen LogP contribution in [0, 0.1) is 0 Å². The molecule has 1 saturated heterocycles. The van der Waals surface area contributed by atoms with Gasteiger partial charge in [0, 0.05) is 30.8 Å². The van der Waals surface area contributed by atoms with Gasteiger partial charge in [-0.1, -0.05) is 0 Å². The predicted molar refractivity (Wildman–Crippen MR) is 101 cm³/mol. The van der Waals surface area contributed by atoms with E-state index in [0.29, 0.717) is 12.1 Å². The van der Waals surface area contributed by atoms with E-state index >= 15 is 0 Å². The summed E-state index contributed by atoms with van der Waals surface area (Å²) in [5.74, 6) is -2.35. The minimum Gasteiger partial charge on any atom is -0.359 e. The normalized spacial score (nSPS) is 17.3. The van der Waals surface area contributed by atoms with Gasteiger partial charge in [-0.25, -0.2) is 9.67 Å². The summed E-state index contributed by atoms with van der Waals surface area (Å²) in [6, 6.07) is 0.812. The quantitative estimate of drug-likeness (QED) is 0.454. The number of alkyl halides is 9. The highest BCUT2D eigenvalue weighted by molar-refractivity contribution is 5.93. The topological polar surface area (TPSA) is 89.3 Å². The second kappa shape index (κ2) is 9.79. The molecule has 0 spiro atoms. The summed E-state index contributed by atoms with van der Waals surface area (Å²) in [4.78, 5) is 27.6. The Morgan fingerprint density at radius 2 is 1.67 bits per heavy atom. The number of hydrogen-bond acceptors (Lipinski definition) is 5. The highest BCUT2D eigenvalue weighted by atomic mass is 19.4. The number of amides is 2. The SMILES string of the molecule is O=C(/C=C\n1cnc(-c2cc(C(F)(F)F)cc(C(F)(F)F)c2)n1)NN1CC[C@H](OCC(F)(F)F)C1=O. The van der Waals surface area contributed by atoms with Gasteiger partial charge in [-0.3, -0.25) is 20.0 Å².